The number of nitrogens with zero attached hydrogens (tertiary/aromatic N) is 3. The molecule has 2 aliphatic rings. The molecule has 1 aliphatic carbocycles. The second-order valence-corrected chi connectivity index (χ2v) is 10.3. The lowest BCUT2D eigenvalue weighted by Gasteiger charge is -2.32. The molecular formula is C30H31F2N5. The Labute approximate surface area is 215 Å². The minimum atomic E-state index is -0.420. The van der Waals surface area contributed by atoms with E-state index in [1.807, 2.05) is 0 Å². The highest BCUT2D eigenvalue weighted by Gasteiger charge is 2.29. The molecule has 1 aromatic heterocycles. The molecule has 6 rings (SSSR count). The fraction of sp³-hybridized carbons (Fsp3) is 0.333. The van der Waals surface area contributed by atoms with E-state index >= 15 is 4.39 Å². The van der Waals surface area contributed by atoms with Gasteiger partial charge in [0.25, 0.3) is 0 Å². The van der Waals surface area contributed by atoms with Crippen LogP contribution in [0.5, 0.6) is 0 Å². The first-order valence-corrected chi connectivity index (χ1v) is 13.1. The topological polar surface area (TPSA) is 56.9 Å². The summed E-state index contributed by atoms with van der Waals surface area (Å²) in [7, 11) is 0. The highest BCUT2D eigenvalue weighted by Crippen LogP contribution is 2.36. The zero-order chi connectivity index (χ0) is 25.4. The molecule has 2 fully saturated rings. The van der Waals surface area contributed by atoms with Crippen LogP contribution in [0.3, 0.4) is 0 Å². The molecule has 3 aromatic carbocycles. The first-order chi connectivity index (χ1) is 18.1. The Morgan fingerprint density at radius 1 is 0.919 bits per heavy atom. The summed E-state index contributed by atoms with van der Waals surface area (Å²) in [4.78, 5) is 7.32. The van der Waals surface area contributed by atoms with Crippen LogP contribution in [0.4, 0.5) is 20.2 Å². The Bertz CT molecular complexity index is 1430. The van der Waals surface area contributed by atoms with Gasteiger partial charge in [0, 0.05) is 36.3 Å². The van der Waals surface area contributed by atoms with Crippen LogP contribution in [-0.2, 0) is 13.1 Å². The molecular weight excluding hydrogens is 468 g/mol. The lowest BCUT2D eigenvalue weighted by molar-refractivity contribution is 0.198. The fourth-order valence-corrected chi connectivity index (χ4v) is 5.44. The molecule has 7 heteroatoms. The van der Waals surface area contributed by atoms with E-state index in [9.17, 15) is 4.39 Å². The van der Waals surface area contributed by atoms with E-state index in [1.54, 1.807) is 24.3 Å². The molecule has 2 heterocycles. The van der Waals surface area contributed by atoms with Gasteiger partial charge in [-0.25, -0.2) is 13.8 Å². The van der Waals surface area contributed by atoms with Gasteiger partial charge in [0.2, 0.25) is 0 Å². The van der Waals surface area contributed by atoms with Crippen molar-refractivity contribution in [1.29, 1.82) is 5.41 Å². The third-order valence-corrected chi connectivity index (χ3v) is 7.69. The number of benzene rings is 3. The summed E-state index contributed by atoms with van der Waals surface area (Å²) < 4.78 is 31.6. The molecule has 37 heavy (non-hydrogen) atoms. The van der Waals surface area contributed by atoms with Gasteiger partial charge in [0.15, 0.2) is 0 Å². The smallest absolute Gasteiger partial charge is 0.146 e. The second kappa shape index (κ2) is 10.1. The third-order valence-electron chi connectivity index (χ3n) is 7.69. The Morgan fingerprint density at radius 3 is 2.43 bits per heavy atom. The van der Waals surface area contributed by atoms with Gasteiger partial charge >= 0.3 is 0 Å². The Balaban J connectivity index is 1.15. The predicted molar refractivity (Wildman–Crippen MR) is 144 cm³/mol. The first kappa shape index (κ1) is 23.8. The van der Waals surface area contributed by atoms with Crippen LogP contribution in [0.2, 0.25) is 0 Å². The van der Waals surface area contributed by atoms with Crippen molar-refractivity contribution >= 4 is 28.6 Å². The van der Waals surface area contributed by atoms with Gasteiger partial charge in [-0.15, -0.1) is 0 Å². The van der Waals surface area contributed by atoms with Gasteiger partial charge in [-0.05, 0) is 81.1 Å². The standard InChI is InChI=1S/C30H31F2N5/c31-24-5-1-2-6-26(24)34-28-16-25(32)23(15-22(28)17-33)19-36-13-11-21(12-14-36)30-35-27-7-3-4-8-29(27)37(30)18-20-9-10-20/h1-8,15-17,20-21,33-34H,9-14,18-19H2. The monoisotopic (exact) mass is 499 g/mol. The largest absolute Gasteiger partial charge is 0.353 e. The molecule has 5 nitrogen and oxygen atoms in total. The number of likely N-dealkylation sites (tertiary alicyclic amines) is 1. The van der Waals surface area contributed by atoms with E-state index in [0.29, 0.717) is 29.3 Å². The molecule has 4 aromatic rings. The van der Waals surface area contributed by atoms with Crippen LogP contribution in [0, 0.1) is 23.0 Å². The summed E-state index contributed by atoms with van der Waals surface area (Å²) >= 11 is 0. The maximum atomic E-state index is 15.1. The van der Waals surface area contributed by atoms with Gasteiger partial charge in [-0.2, -0.15) is 0 Å². The van der Waals surface area contributed by atoms with Gasteiger partial charge in [-0.1, -0.05) is 24.3 Å². The van der Waals surface area contributed by atoms with Crippen LogP contribution >= 0.6 is 0 Å². The van der Waals surface area contributed by atoms with Crippen molar-refractivity contribution in [3.05, 3.63) is 89.2 Å². The number of hydrogen-bond donors (Lipinski definition) is 2. The van der Waals surface area contributed by atoms with Crippen molar-refractivity contribution in [2.75, 3.05) is 18.4 Å². The highest BCUT2D eigenvalue weighted by molar-refractivity contribution is 5.87. The number of piperidine rings is 1. The van der Waals surface area contributed by atoms with Crippen LogP contribution in [0.25, 0.3) is 11.0 Å². The number of nitrogens with one attached hydrogen (secondary N) is 2. The van der Waals surface area contributed by atoms with E-state index in [0.717, 1.165) is 43.9 Å². The van der Waals surface area contributed by atoms with Crippen LogP contribution in [0.1, 0.15) is 48.6 Å². The molecule has 0 radical (unpaired) electrons. The SMILES string of the molecule is N=Cc1cc(CN2CCC(c3nc4ccccc4n3CC3CC3)CC2)c(F)cc1Nc1ccccc1F. The second-order valence-electron chi connectivity index (χ2n) is 10.3. The van der Waals surface area contributed by atoms with Crippen molar-refractivity contribution in [2.45, 2.75) is 44.7 Å². The van der Waals surface area contributed by atoms with Crippen molar-refractivity contribution in [1.82, 2.24) is 14.5 Å². The van der Waals surface area contributed by atoms with E-state index in [-0.39, 0.29) is 11.5 Å². The van der Waals surface area contributed by atoms with Crippen molar-refractivity contribution in [3.63, 3.8) is 0 Å². The maximum Gasteiger partial charge on any atom is 0.146 e. The van der Waals surface area contributed by atoms with E-state index in [2.05, 4.69) is 39.0 Å². The summed E-state index contributed by atoms with van der Waals surface area (Å²) in [5, 5.41) is 10.8. The minimum Gasteiger partial charge on any atom is -0.353 e. The summed E-state index contributed by atoms with van der Waals surface area (Å²) in [6, 6.07) is 17.8. The van der Waals surface area contributed by atoms with Crippen LogP contribution in [0.15, 0.2) is 60.7 Å². The summed E-state index contributed by atoms with van der Waals surface area (Å²) in [6.07, 6.45) is 5.77. The van der Waals surface area contributed by atoms with Crippen molar-refractivity contribution in [3.8, 4) is 0 Å². The number of aromatic nitrogens is 2. The molecule has 0 atom stereocenters. The van der Waals surface area contributed by atoms with Gasteiger partial charge < -0.3 is 15.3 Å². The normalized spacial score (nSPS) is 16.8. The van der Waals surface area contributed by atoms with Gasteiger partial charge in [-0.3, -0.25) is 4.90 Å². The third kappa shape index (κ3) is 5.01. The molecule has 0 spiro atoms. The number of fused-ring (bicyclic) bond motifs is 1. The Morgan fingerprint density at radius 2 is 1.68 bits per heavy atom. The summed E-state index contributed by atoms with van der Waals surface area (Å²) in [6.45, 7) is 3.27. The zero-order valence-corrected chi connectivity index (χ0v) is 20.8. The lowest BCUT2D eigenvalue weighted by atomic mass is 9.95. The average molecular weight is 500 g/mol. The zero-order valence-electron chi connectivity index (χ0n) is 20.8. The van der Waals surface area contributed by atoms with E-state index in [1.165, 1.54) is 42.5 Å². The Hall–Kier alpha value is -3.58. The minimum absolute atomic E-state index is 0.257. The van der Waals surface area contributed by atoms with Crippen LogP contribution < -0.4 is 5.32 Å². The first-order valence-electron chi connectivity index (χ1n) is 13.1. The molecule has 190 valence electrons. The maximum absolute atomic E-state index is 15.1. The number of anilines is 2. The van der Waals surface area contributed by atoms with Gasteiger partial charge in [0.1, 0.15) is 17.5 Å². The number of halogens is 2. The molecule has 0 bridgehead atoms. The fourth-order valence-electron chi connectivity index (χ4n) is 5.44. The number of para-hydroxylation sites is 3. The highest BCUT2D eigenvalue weighted by atomic mass is 19.1. The van der Waals surface area contributed by atoms with E-state index in [4.69, 9.17) is 10.4 Å². The molecule has 0 unspecified atom stereocenters. The van der Waals surface area contributed by atoms with E-state index < -0.39 is 5.82 Å². The average Bonchev–Trinajstić information content (AvgIpc) is 3.67. The van der Waals surface area contributed by atoms with Crippen molar-refractivity contribution in [2.24, 2.45) is 5.92 Å². The Kier molecular flexibility index (Phi) is 6.47. The predicted octanol–water partition coefficient (Wildman–Crippen LogP) is 6.85. The number of rotatable bonds is 8. The molecule has 2 N–H and O–H groups in total. The summed E-state index contributed by atoms with van der Waals surface area (Å²) in [5.41, 5.74) is 4.03. The van der Waals surface area contributed by atoms with Gasteiger partial charge in [0.05, 0.1) is 22.4 Å². The van der Waals surface area contributed by atoms with Crippen molar-refractivity contribution < 1.29 is 8.78 Å². The quantitative estimate of drug-likeness (QED) is 0.261. The molecule has 1 saturated heterocycles. The molecule has 1 saturated carbocycles. The van der Waals surface area contributed by atoms with Crippen LogP contribution in [-0.4, -0.2) is 33.8 Å². The summed E-state index contributed by atoms with van der Waals surface area (Å²) in [5.74, 6) is 1.61. The number of imidazole rings is 1. The molecule has 0 amide bonds. The molecule has 1 aliphatic heterocycles. The number of hydrogen-bond acceptors (Lipinski definition) is 4. The lowest BCUT2D eigenvalue weighted by Crippen LogP contribution is -2.33.